The first-order valence-electron chi connectivity index (χ1n) is 5.65. The second-order valence-corrected chi connectivity index (χ2v) is 7.44. The molecule has 0 radical (unpaired) electrons. The minimum atomic E-state index is -3.21. The number of nitrogens with zero attached hydrogens (tertiary/aromatic N) is 1. The maximum absolute atomic E-state index is 12.0. The summed E-state index contributed by atoms with van der Waals surface area (Å²) in [6.45, 7) is 1.09. The van der Waals surface area contributed by atoms with Crippen LogP contribution < -0.4 is 0 Å². The normalized spacial score (nSPS) is 33.9. The number of carbonyl (C=O) groups is 1. The van der Waals surface area contributed by atoms with E-state index in [1.807, 2.05) is 0 Å². The number of halogens is 1. The van der Waals surface area contributed by atoms with Crippen molar-refractivity contribution in [2.45, 2.75) is 36.3 Å². The molecule has 0 aromatic heterocycles. The monoisotopic (exact) mass is 265 g/mol. The van der Waals surface area contributed by atoms with Crippen molar-refractivity contribution in [2.75, 3.05) is 18.8 Å². The summed E-state index contributed by atoms with van der Waals surface area (Å²) >= 11 is 5.92. The van der Waals surface area contributed by atoms with Crippen molar-refractivity contribution in [3.8, 4) is 0 Å². The van der Waals surface area contributed by atoms with Gasteiger partial charge in [-0.1, -0.05) is 6.42 Å². The van der Waals surface area contributed by atoms with Gasteiger partial charge in [-0.25, -0.2) is 8.42 Å². The molecule has 0 spiro atoms. The number of likely N-dealkylation sites (tertiary alicyclic amines) is 1. The largest absolute Gasteiger partial charge is 0.340 e. The third-order valence-corrected chi connectivity index (χ3v) is 5.81. The molecule has 2 heterocycles. The maximum atomic E-state index is 12.0. The van der Waals surface area contributed by atoms with Crippen molar-refractivity contribution < 1.29 is 13.2 Å². The Morgan fingerprint density at radius 2 is 2.00 bits per heavy atom. The molecule has 4 nitrogen and oxygen atoms in total. The molecule has 1 amide bonds. The van der Waals surface area contributed by atoms with E-state index in [0.717, 1.165) is 12.8 Å². The van der Waals surface area contributed by atoms with E-state index in [2.05, 4.69) is 0 Å². The van der Waals surface area contributed by atoms with Gasteiger partial charge in [0, 0.05) is 13.1 Å². The first-order chi connectivity index (χ1) is 7.50. The Balaban J connectivity index is 2.09. The second kappa shape index (κ2) is 4.53. The summed E-state index contributed by atoms with van der Waals surface area (Å²) in [5, 5.41) is -0.821. The van der Waals surface area contributed by atoms with Gasteiger partial charge in [0.1, 0.15) is 5.25 Å². The van der Waals surface area contributed by atoms with Gasteiger partial charge in [-0.3, -0.25) is 4.79 Å². The highest BCUT2D eigenvalue weighted by Gasteiger charge is 2.39. The molecular weight excluding hydrogens is 250 g/mol. The van der Waals surface area contributed by atoms with Crippen LogP contribution >= 0.6 is 11.6 Å². The molecule has 2 rings (SSSR count). The van der Waals surface area contributed by atoms with Gasteiger partial charge in [-0.2, -0.15) is 0 Å². The average Bonchev–Trinajstić information content (AvgIpc) is 2.63. The maximum Gasteiger partial charge on any atom is 0.240 e. The lowest BCUT2D eigenvalue weighted by molar-refractivity contribution is -0.129. The van der Waals surface area contributed by atoms with E-state index in [1.54, 1.807) is 4.90 Å². The molecule has 0 N–H and O–H groups in total. The Morgan fingerprint density at radius 1 is 1.25 bits per heavy atom. The zero-order valence-corrected chi connectivity index (χ0v) is 10.6. The highest BCUT2D eigenvalue weighted by atomic mass is 35.5. The summed E-state index contributed by atoms with van der Waals surface area (Å²) in [6.07, 6.45) is 2.75. The van der Waals surface area contributed by atoms with Gasteiger partial charge >= 0.3 is 0 Å². The Kier molecular flexibility index (Phi) is 3.45. The molecule has 2 fully saturated rings. The quantitative estimate of drug-likeness (QED) is 0.659. The molecule has 0 bridgehead atoms. The summed E-state index contributed by atoms with van der Waals surface area (Å²) in [4.78, 5) is 13.7. The predicted molar refractivity (Wildman–Crippen MR) is 62.3 cm³/mol. The molecule has 6 heteroatoms. The summed E-state index contributed by atoms with van der Waals surface area (Å²) < 4.78 is 23.6. The summed E-state index contributed by atoms with van der Waals surface area (Å²) in [6, 6.07) is 0. The van der Waals surface area contributed by atoms with E-state index in [-0.39, 0.29) is 17.0 Å². The van der Waals surface area contributed by atoms with E-state index in [9.17, 15) is 13.2 Å². The predicted octanol–water partition coefficient (Wildman–Crippen LogP) is 0.793. The molecule has 2 atom stereocenters. The fourth-order valence-electron chi connectivity index (χ4n) is 2.35. The lowest BCUT2D eigenvalue weighted by atomic mass is 10.2. The number of carbonyl (C=O) groups excluding carboxylic acids is 1. The number of rotatable bonds is 1. The van der Waals surface area contributed by atoms with Crippen molar-refractivity contribution in [1.82, 2.24) is 4.90 Å². The SMILES string of the molecule is O=C(C1CCCCS1(=O)=O)N1CCC(Cl)C1. The van der Waals surface area contributed by atoms with Crippen molar-refractivity contribution in [3.05, 3.63) is 0 Å². The summed E-state index contributed by atoms with van der Waals surface area (Å²) in [5.41, 5.74) is 0. The third kappa shape index (κ3) is 2.35. The van der Waals surface area contributed by atoms with Gasteiger partial charge in [0.2, 0.25) is 5.91 Å². The molecule has 2 aliphatic heterocycles. The van der Waals surface area contributed by atoms with Crippen LogP contribution in [0.5, 0.6) is 0 Å². The fraction of sp³-hybridized carbons (Fsp3) is 0.900. The van der Waals surface area contributed by atoms with Gasteiger partial charge in [0.25, 0.3) is 0 Å². The number of alkyl halides is 1. The standard InChI is InChI=1S/C10H16ClNO3S/c11-8-4-5-12(7-8)10(13)9-3-1-2-6-16(9,14)15/h8-9H,1-7H2. The van der Waals surface area contributed by atoms with Crippen LogP contribution in [0, 0.1) is 0 Å². The van der Waals surface area contributed by atoms with Crippen LogP contribution in [-0.2, 0) is 14.6 Å². The van der Waals surface area contributed by atoms with Crippen LogP contribution in [0.25, 0.3) is 0 Å². The van der Waals surface area contributed by atoms with Gasteiger partial charge in [0.05, 0.1) is 11.1 Å². The highest BCUT2D eigenvalue weighted by molar-refractivity contribution is 7.92. The molecule has 2 saturated heterocycles. The number of hydrogen-bond donors (Lipinski definition) is 0. The minimum absolute atomic E-state index is 0.0183. The highest BCUT2D eigenvalue weighted by Crippen LogP contribution is 2.24. The van der Waals surface area contributed by atoms with Crippen LogP contribution in [-0.4, -0.2) is 48.7 Å². The van der Waals surface area contributed by atoms with Crippen LogP contribution in [0.15, 0.2) is 0 Å². The van der Waals surface area contributed by atoms with Crippen molar-refractivity contribution in [2.24, 2.45) is 0 Å². The van der Waals surface area contributed by atoms with Gasteiger partial charge in [-0.05, 0) is 19.3 Å². The van der Waals surface area contributed by atoms with E-state index in [0.29, 0.717) is 25.9 Å². The number of amides is 1. The molecule has 16 heavy (non-hydrogen) atoms. The number of sulfone groups is 1. The van der Waals surface area contributed by atoms with Crippen LogP contribution in [0.2, 0.25) is 0 Å². The van der Waals surface area contributed by atoms with Crippen molar-refractivity contribution in [1.29, 1.82) is 0 Å². The minimum Gasteiger partial charge on any atom is -0.340 e. The zero-order chi connectivity index (χ0) is 11.8. The average molecular weight is 266 g/mol. The van der Waals surface area contributed by atoms with Gasteiger partial charge < -0.3 is 4.90 Å². The Hall–Kier alpha value is -0.290. The Labute approximate surface area is 101 Å². The lowest BCUT2D eigenvalue weighted by Gasteiger charge is -2.26. The molecule has 0 aromatic rings. The van der Waals surface area contributed by atoms with E-state index in [1.165, 1.54) is 0 Å². The Bertz CT molecular complexity index is 382. The van der Waals surface area contributed by atoms with Crippen LogP contribution in [0.1, 0.15) is 25.7 Å². The van der Waals surface area contributed by atoms with Gasteiger partial charge in [-0.15, -0.1) is 11.6 Å². The molecule has 2 aliphatic rings. The van der Waals surface area contributed by atoms with Crippen LogP contribution in [0.3, 0.4) is 0 Å². The van der Waals surface area contributed by atoms with E-state index >= 15 is 0 Å². The molecule has 92 valence electrons. The smallest absolute Gasteiger partial charge is 0.240 e. The first kappa shape index (κ1) is 12.2. The fourth-order valence-corrected chi connectivity index (χ4v) is 4.49. The summed E-state index contributed by atoms with van der Waals surface area (Å²) in [7, 11) is -3.21. The van der Waals surface area contributed by atoms with Crippen LogP contribution in [0.4, 0.5) is 0 Å². The molecule has 0 aliphatic carbocycles. The molecule has 0 aromatic carbocycles. The second-order valence-electron chi connectivity index (χ2n) is 4.52. The lowest BCUT2D eigenvalue weighted by Crippen LogP contribution is -2.44. The molecule has 0 saturated carbocycles. The topological polar surface area (TPSA) is 54.5 Å². The van der Waals surface area contributed by atoms with E-state index < -0.39 is 15.1 Å². The molecular formula is C10H16ClNO3S. The Morgan fingerprint density at radius 3 is 2.56 bits per heavy atom. The van der Waals surface area contributed by atoms with E-state index in [4.69, 9.17) is 11.6 Å². The van der Waals surface area contributed by atoms with Gasteiger partial charge in [0.15, 0.2) is 9.84 Å². The third-order valence-electron chi connectivity index (χ3n) is 3.30. The van der Waals surface area contributed by atoms with Crippen molar-refractivity contribution >= 4 is 27.3 Å². The molecule has 2 unspecified atom stereocenters. The zero-order valence-electron chi connectivity index (χ0n) is 9.06. The summed E-state index contributed by atoms with van der Waals surface area (Å²) in [5.74, 6) is -0.0792. The number of hydrogen-bond acceptors (Lipinski definition) is 3. The van der Waals surface area contributed by atoms with Crippen molar-refractivity contribution in [3.63, 3.8) is 0 Å². The first-order valence-corrected chi connectivity index (χ1v) is 7.80.